The van der Waals surface area contributed by atoms with Crippen molar-refractivity contribution in [2.24, 2.45) is 16.8 Å². The minimum absolute atomic E-state index is 0.0364. The third kappa shape index (κ3) is 3.59. The second kappa shape index (κ2) is 6.44. The summed E-state index contributed by atoms with van der Waals surface area (Å²) in [4.78, 5) is 11.8. The van der Waals surface area contributed by atoms with Crippen molar-refractivity contribution in [3.05, 3.63) is 0 Å². The van der Waals surface area contributed by atoms with Crippen LogP contribution in [0.2, 0.25) is 0 Å². The van der Waals surface area contributed by atoms with Crippen molar-refractivity contribution in [3.63, 3.8) is 0 Å². The van der Waals surface area contributed by atoms with Gasteiger partial charge in [-0.15, -0.1) is 0 Å². The lowest BCUT2D eigenvalue weighted by atomic mass is 9.88. The smallest absolute Gasteiger partial charge is 0.231 e. The molecule has 1 fully saturated rings. The van der Waals surface area contributed by atoms with Crippen LogP contribution in [0.4, 0.5) is 0 Å². The Bertz CT molecular complexity index is 288. The van der Waals surface area contributed by atoms with Gasteiger partial charge in [0, 0.05) is 12.6 Å². The summed E-state index contributed by atoms with van der Waals surface area (Å²) in [6.07, 6.45) is 2.45. The number of amidine groups is 1. The quantitative estimate of drug-likeness (QED) is 0.273. The van der Waals surface area contributed by atoms with Gasteiger partial charge in [-0.05, 0) is 26.2 Å². The van der Waals surface area contributed by atoms with Gasteiger partial charge in [0.15, 0.2) is 5.84 Å². The van der Waals surface area contributed by atoms with Gasteiger partial charge < -0.3 is 21.0 Å². The Morgan fingerprint density at radius 1 is 1.59 bits per heavy atom. The average molecular weight is 243 g/mol. The zero-order valence-electron chi connectivity index (χ0n) is 10.3. The van der Waals surface area contributed by atoms with Gasteiger partial charge in [-0.2, -0.15) is 0 Å². The Morgan fingerprint density at radius 2 is 2.24 bits per heavy atom. The van der Waals surface area contributed by atoms with E-state index in [1.807, 2.05) is 13.8 Å². The second-order valence-corrected chi connectivity index (χ2v) is 4.24. The van der Waals surface area contributed by atoms with E-state index in [0.717, 1.165) is 12.8 Å². The standard InChI is InChI=1S/C11H21N3O3/c1-3-9(10(12)14-16)11(15)13-7-5-8(6-7)17-4-2/h7-9,16H,3-6H2,1-2H3,(H2,12,14)(H,13,15). The monoisotopic (exact) mass is 243 g/mol. The first-order valence-corrected chi connectivity index (χ1v) is 6.01. The predicted octanol–water partition coefficient (Wildman–Crippen LogP) is 0.443. The van der Waals surface area contributed by atoms with E-state index in [1.54, 1.807) is 0 Å². The van der Waals surface area contributed by atoms with Crippen LogP contribution in [0.5, 0.6) is 0 Å². The fraction of sp³-hybridized carbons (Fsp3) is 0.818. The molecule has 1 amide bonds. The summed E-state index contributed by atoms with van der Waals surface area (Å²) in [7, 11) is 0. The van der Waals surface area contributed by atoms with Gasteiger partial charge >= 0.3 is 0 Å². The molecule has 6 nitrogen and oxygen atoms in total. The molecule has 0 aromatic heterocycles. The summed E-state index contributed by atoms with van der Waals surface area (Å²) < 4.78 is 5.41. The van der Waals surface area contributed by atoms with E-state index in [9.17, 15) is 4.79 Å². The molecule has 6 heteroatoms. The van der Waals surface area contributed by atoms with Crippen molar-refractivity contribution >= 4 is 11.7 Å². The molecular weight excluding hydrogens is 222 g/mol. The Kier molecular flexibility index (Phi) is 5.21. The number of nitrogens with zero attached hydrogens (tertiary/aromatic N) is 1. The molecule has 17 heavy (non-hydrogen) atoms. The first-order chi connectivity index (χ1) is 8.12. The van der Waals surface area contributed by atoms with E-state index in [4.69, 9.17) is 15.7 Å². The number of nitrogens with two attached hydrogens (primary N) is 1. The van der Waals surface area contributed by atoms with E-state index < -0.39 is 5.92 Å². The molecule has 1 aliphatic carbocycles. The third-order valence-electron chi connectivity index (χ3n) is 3.04. The Morgan fingerprint density at radius 3 is 2.71 bits per heavy atom. The van der Waals surface area contributed by atoms with E-state index in [2.05, 4.69) is 10.5 Å². The van der Waals surface area contributed by atoms with E-state index in [-0.39, 0.29) is 23.9 Å². The molecule has 0 heterocycles. The first-order valence-electron chi connectivity index (χ1n) is 6.01. The van der Waals surface area contributed by atoms with Crippen LogP contribution in [-0.2, 0) is 9.53 Å². The van der Waals surface area contributed by atoms with Crippen molar-refractivity contribution in [3.8, 4) is 0 Å². The number of carbonyl (C=O) groups excluding carboxylic acids is 1. The van der Waals surface area contributed by atoms with Crippen molar-refractivity contribution < 1.29 is 14.7 Å². The molecule has 1 atom stereocenters. The lowest BCUT2D eigenvalue weighted by Crippen LogP contribution is -2.51. The lowest BCUT2D eigenvalue weighted by molar-refractivity contribution is -0.125. The number of hydrogen-bond donors (Lipinski definition) is 3. The zero-order chi connectivity index (χ0) is 12.8. The Hall–Kier alpha value is -1.30. The molecule has 0 radical (unpaired) electrons. The summed E-state index contributed by atoms with van der Waals surface area (Å²) in [6.45, 7) is 4.48. The molecule has 1 unspecified atom stereocenters. The highest BCUT2D eigenvalue weighted by Crippen LogP contribution is 2.23. The molecule has 0 saturated heterocycles. The molecule has 4 N–H and O–H groups in total. The molecule has 0 aliphatic heterocycles. The van der Waals surface area contributed by atoms with E-state index in [0.29, 0.717) is 13.0 Å². The SMILES string of the molecule is CCOC1CC(NC(=O)C(CC)C(N)=NO)C1. The highest BCUT2D eigenvalue weighted by atomic mass is 16.5. The van der Waals surface area contributed by atoms with Gasteiger partial charge in [-0.1, -0.05) is 12.1 Å². The minimum Gasteiger partial charge on any atom is -0.409 e. The summed E-state index contributed by atoms with van der Waals surface area (Å²) in [5.74, 6) is -0.764. The molecule has 1 saturated carbocycles. The van der Waals surface area contributed by atoms with Gasteiger partial charge in [0.25, 0.3) is 0 Å². The van der Waals surface area contributed by atoms with Crippen LogP contribution in [-0.4, -0.2) is 35.7 Å². The largest absolute Gasteiger partial charge is 0.409 e. The van der Waals surface area contributed by atoms with Crippen LogP contribution in [0.15, 0.2) is 5.16 Å². The van der Waals surface area contributed by atoms with Crippen LogP contribution in [0.3, 0.4) is 0 Å². The van der Waals surface area contributed by atoms with Crippen LogP contribution >= 0.6 is 0 Å². The number of carbonyl (C=O) groups is 1. The summed E-state index contributed by atoms with van der Waals surface area (Å²) >= 11 is 0. The summed E-state index contributed by atoms with van der Waals surface area (Å²) in [5.41, 5.74) is 5.45. The maximum absolute atomic E-state index is 11.8. The third-order valence-corrected chi connectivity index (χ3v) is 3.04. The Balaban J connectivity index is 2.35. The summed E-state index contributed by atoms with van der Waals surface area (Å²) in [5, 5.41) is 14.3. The van der Waals surface area contributed by atoms with Crippen LogP contribution in [0.1, 0.15) is 33.1 Å². The summed E-state index contributed by atoms with van der Waals surface area (Å²) in [6, 6.07) is 0.152. The van der Waals surface area contributed by atoms with Crippen LogP contribution in [0.25, 0.3) is 0 Å². The van der Waals surface area contributed by atoms with Gasteiger partial charge in [-0.25, -0.2) is 0 Å². The molecule has 0 spiro atoms. The number of oxime groups is 1. The van der Waals surface area contributed by atoms with Crippen LogP contribution < -0.4 is 11.1 Å². The van der Waals surface area contributed by atoms with Crippen LogP contribution in [0, 0.1) is 5.92 Å². The first kappa shape index (κ1) is 13.8. The topological polar surface area (TPSA) is 96.9 Å². The number of rotatable bonds is 6. The molecular formula is C11H21N3O3. The molecule has 0 bridgehead atoms. The molecule has 98 valence electrons. The fourth-order valence-corrected chi connectivity index (χ4v) is 1.96. The molecule has 0 aromatic carbocycles. The normalized spacial score (nSPS) is 26.1. The maximum atomic E-state index is 11.8. The average Bonchev–Trinajstić information content (AvgIpc) is 2.27. The molecule has 1 aliphatic rings. The second-order valence-electron chi connectivity index (χ2n) is 4.24. The highest BCUT2D eigenvalue weighted by Gasteiger charge is 2.32. The van der Waals surface area contributed by atoms with Gasteiger partial charge in [0.05, 0.1) is 12.0 Å². The molecule has 0 aromatic rings. The Labute approximate surface area is 101 Å². The fourth-order valence-electron chi connectivity index (χ4n) is 1.96. The van der Waals surface area contributed by atoms with Crippen molar-refractivity contribution in [1.82, 2.24) is 5.32 Å². The lowest BCUT2D eigenvalue weighted by Gasteiger charge is -2.36. The highest BCUT2D eigenvalue weighted by molar-refractivity contribution is 6.02. The van der Waals surface area contributed by atoms with Crippen molar-refractivity contribution in [2.45, 2.75) is 45.3 Å². The van der Waals surface area contributed by atoms with Gasteiger partial charge in [-0.3, -0.25) is 4.79 Å². The van der Waals surface area contributed by atoms with Gasteiger partial charge in [0.1, 0.15) is 0 Å². The number of amides is 1. The van der Waals surface area contributed by atoms with Crippen molar-refractivity contribution in [2.75, 3.05) is 6.61 Å². The zero-order valence-corrected chi connectivity index (χ0v) is 10.3. The molecule has 1 rings (SSSR count). The van der Waals surface area contributed by atoms with E-state index in [1.165, 1.54) is 0 Å². The maximum Gasteiger partial charge on any atom is 0.231 e. The number of nitrogens with one attached hydrogen (secondary N) is 1. The minimum atomic E-state index is -0.550. The van der Waals surface area contributed by atoms with E-state index >= 15 is 0 Å². The van der Waals surface area contributed by atoms with Crippen molar-refractivity contribution in [1.29, 1.82) is 0 Å². The number of ether oxygens (including phenoxy) is 1. The number of hydrogen-bond acceptors (Lipinski definition) is 4. The predicted molar refractivity (Wildman–Crippen MR) is 63.8 cm³/mol. The van der Waals surface area contributed by atoms with Gasteiger partial charge in [0.2, 0.25) is 5.91 Å².